The van der Waals surface area contributed by atoms with E-state index in [0.29, 0.717) is 13.1 Å². The van der Waals surface area contributed by atoms with E-state index in [1.807, 2.05) is 0 Å². The zero-order valence-electron chi connectivity index (χ0n) is 23.4. The molecule has 37 heavy (non-hydrogen) atoms. The average molecular weight is 572 g/mol. The molecule has 0 atom stereocenters. The van der Waals surface area contributed by atoms with Gasteiger partial charge in [-0.05, 0) is 20.8 Å². The van der Waals surface area contributed by atoms with Crippen LogP contribution < -0.4 is 126 Å². The summed E-state index contributed by atoms with van der Waals surface area (Å²) in [7, 11) is 0. The van der Waals surface area contributed by atoms with E-state index in [0.717, 1.165) is 67.7 Å². The summed E-state index contributed by atoms with van der Waals surface area (Å²) in [5.74, 6) is -5.75. The van der Waals surface area contributed by atoms with E-state index in [9.17, 15) is 0 Å². The molecule has 0 aromatic carbocycles. The van der Waals surface area contributed by atoms with Gasteiger partial charge in [0.1, 0.15) is 0 Å². The summed E-state index contributed by atoms with van der Waals surface area (Å²) in [6.07, 6.45) is 0. The fraction of sp³-hybridized carbons (Fsp3) is 0.667. The van der Waals surface area contributed by atoms with Crippen LogP contribution in [0.2, 0.25) is 0 Å². The van der Waals surface area contributed by atoms with Gasteiger partial charge in [0.25, 0.3) is 17.9 Å². The van der Waals surface area contributed by atoms with Crippen LogP contribution in [0.25, 0.3) is 0 Å². The molecule has 0 saturated heterocycles. The summed E-state index contributed by atoms with van der Waals surface area (Å²) in [6, 6.07) is 0. The Hall–Kier alpha value is -0.340. The van der Waals surface area contributed by atoms with Gasteiger partial charge in [-0.2, -0.15) is 0 Å². The molecule has 0 aliphatic carbocycles. The minimum Gasteiger partial charge on any atom is -0.550 e. The van der Waals surface area contributed by atoms with Crippen LogP contribution in [0.5, 0.6) is 0 Å². The van der Waals surface area contributed by atoms with E-state index < -0.39 is 35.8 Å². The standard InChI is InChI=1S/C6H18N4.6C2H4O2.3Na/c7-1-3-9-5-6-10-4-2-8;6*1-2(3)4;;;/h9-10H,1-8H2;6*1H3,(H,3,4);;;/q;;;;;;;3*+1/p-3. The predicted octanol–water partition coefficient (Wildman–Crippen LogP) is -14.4. The molecule has 0 radical (unpaired) electrons. The number of carboxylic acids is 6. The van der Waals surface area contributed by atoms with Gasteiger partial charge in [0, 0.05) is 77.9 Å². The second kappa shape index (κ2) is 65.1. The Labute approximate surface area is 284 Å². The summed E-state index contributed by atoms with van der Waals surface area (Å²) < 4.78 is 0. The van der Waals surface area contributed by atoms with Crippen LogP contribution in [-0.2, 0) is 28.8 Å². The van der Waals surface area contributed by atoms with Crippen LogP contribution in [0.4, 0.5) is 0 Å². The molecule has 0 unspecified atom stereocenters. The van der Waals surface area contributed by atoms with Gasteiger partial charge in [-0.3, -0.25) is 14.4 Å². The van der Waals surface area contributed by atoms with Crippen LogP contribution in [0, 0.1) is 0 Å². The molecule has 0 spiro atoms. The fourth-order valence-electron chi connectivity index (χ4n) is 0.631. The number of carbonyl (C=O) groups is 6. The number of rotatable bonds is 7. The third-order valence-electron chi connectivity index (χ3n) is 1.12. The van der Waals surface area contributed by atoms with Crippen molar-refractivity contribution in [1.82, 2.24) is 10.6 Å². The van der Waals surface area contributed by atoms with Gasteiger partial charge in [-0.15, -0.1) is 0 Å². The van der Waals surface area contributed by atoms with Crippen molar-refractivity contribution in [3.05, 3.63) is 0 Å². The molecular weight excluding hydrogens is 533 g/mol. The van der Waals surface area contributed by atoms with Crippen molar-refractivity contribution >= 4 is 35.8 Å². The van der Waals surface area contributed by atoms with E-state index in [4.69, 9.17) is 70.9 Å². The van der Waals surface area contributed by atoms with Gasteiger partial charge in [-0.1, -0.05) is 0 Å². The van der Waals surface area contributed by atoms with Gasteiger partial charge in [0.2, 0.25) is 0 Å². The van der Waals surface area contributed by atoms with Crippen LogP contribution in [-0.4, -0.2) is 90.4 Å². The summed E-state index contributed by atoms with van der Waals surface area (Å²) in [6.45, 7) is 11.3. The molecule has 0 heterocycles. The largest absolute Gasteiger partial charge is 1.00 e. The van der Waals surface area contributed by atoms with E-state index >= 15 is 0 Å². The Morgan fingerprint density at radius 3 is 0.703 bits per heavy atom. The van der Waals surface area contributed by atoms with Gasteiger partial charge in [0.15, 0.2) is 0 Å². The van der Waals surface area contributed by atoms with Crippen molar-refractivity contribution in [2.75, 3.05) is 39.3 Å². The summed E-state index contributed by atoms with van der Waals surface area (Å²) in [4.78, 5) is 53.7. The summed E-state index contributed by atoms with van der Waals surface area (Å²) in [5, 5.41) is 55.2. The third kappa shape index (κ3) is 911. The summed E-state index contributed by atoms with van der Waals surface area (Å²) >= 11 is 0. The quantitative estimate of drug-likeness (QED) is 0.110. The Bertz CT molecular complexity index is 393. The molecule has 206 valence electrons. The van der Waals surface area contributed by atoms with Crippen LogP contribution in [0.3, 0.4) is 0 Å². The molecule has 0 saturated carbocycles. The molecule has 9 N–H and O–H groups in total. The van der Waals surface area contributed by atoms with Crippen molar-refractivity contribution in [2.24, 2.45) is 11.5 Å². The first-order chi connectivity index (χ1) is 15.3. The topological polar surface area (TPSA) is 308 Å². The fourth-order valence-corrected chi connectivity index (χ4v) is 0.631. The molecule has 0 fully saturated rings. The third-order valence-corrected chi connectivity index (χ3v) is 1.12. The maximum absolute atomic E-state index is 9.00. The molecule has 0 aromatic heterocycles. The zero-order chi connectivity index (χ0) is 29.1. The van der Waals surface area contributed by atoms with Crippen LogP contribution in [0.15, 0.2) is 0 Å². The van der Waals surface area contributed by atoms with E-state index in [1.54, 1.807) is 0 Å². The molecule has 16 nitrogen and oxygen atoms in total. The molecule has 0 aromatic rings. The minimum atomic E-state index is -1.08. The number of carbonyl (C=O) groups excluding carboxylic acids is 3. The van der Waals surface area contributed by atoms with E-state index in [2.05, 4.69) is 10.6 Å². The van der Waals surface area contributed by atoms with Crippen LogP contribution >= 0.6 is 0 Å². The first-order valence-corrected chi connectivity index (χ1v) is 9.24. The Kier molecular flexibility index (Phi) is 115. The van der Waals surface area contributed by atoms with E-state index in [1.165, 1.54) is 0 Å². The van der Waals surface area contributed by atoms with Crippen molar-refractivity contribution in [3.8, 4) is 0 Å². The van der Waals surface area contributed by atoms with Crippen molar-refractivity contribution in [2.45, 2.75) is 41.5 Å². The molecule has 19 heteroatoms. The monoisotopic (exact) mass is 572 g/mol. The molecule has 0 amide bonds. The van der Waals surface area contributed by atoms with Gasteiger partial charge in [0.05, 0.1) is 0 Å². The molecule has 0 aliphatic rings. The maximum Gasteiger partial charge on any atom is 1.00 e. The molecule has 0 rings (SSSR count). The number of nitrogens with one attached hydrogen (secondary N) is 2. The van der Waals surface area contributed by atoms with Crippen LogP contribution in [0.1, 0.15) is 41.5 Å². The zero-order valence-corrected chi connectivity index (χ0v) is 29.4. The van der Waals surface area contributed by atoms with E-state index in [-0.39, 0.29) is 88.7 Å². The summed E-state index contributed by atoms with van der Waals surface area (Å²) in [5.41, 5.74) is 10.5. The number of hydrogen-bond acceptors (Lipinski definition) is 13. The van der Waals surface area contributed by atoms with Crippen molar-refractivity contribution in [3.63, 3.8) is 0 Å². The van der Waals surface area contributed by atoms with Gasteiger partial charge >= 0.3 is 88.7 Å². The van der Waals surface area contributed by atoms with Crippen molar-refractivity contribution < 1.29 is 148 Å². The Morgan fingerprint density at radius 2 is 0.622 bits per heavy atom. The second-order valence-electron chi connectivity index (χ2n) is 5.11. The van der Waals surface area contributed by atoms with Gasteiger partial charge < -0.3 is 67.1 Å². The number of carboxylic acid groups (broad SMARTS) is 6. The molecular formula is C18H39N4Na3O12. The maximum atomic E-state index is 9.00. The van der Waals surface area contributed by atoms with Gasteiger partial charge in [-0.25, -0.2) is 0 Å². The smallest absolute Gasteiger partial charge is 0.550 e. The minimum absolute atomic E-state index is 0. The number of hydrogen-bond donors (Lipinski definition) is 7. The number of nitrogens with two attached hydrogens (primary N) is 2. The Balaban J connectivity index is -0.0000000297. The normalized spacial score (nSPS) is 6.81. The first-order valence-electron chi connectivity index (χ1n) is 9.24. The average Bonchev–Trinajstić information content (AvgIpc) is 2.55. The number of aliphatic carboxylic acids is 6. The first kappa shape index (κ1) is 65.6. The van der Waals surface area contributed by atoms with Crippen molar-refractivity contribution in [1.29, 1.82) is 0 Å². The Morgan fingerprint density at radius 1 is 0.514 bits per heavy atom. The molecule has 0 aliphatic heterocycles. The molecule has 0 bridgehead atoms. The second-order valence-corrected chi connectivity index (χ2v) is 5.11. The SMILES string of the molecule is CC(=O)O.CC(=O)O.CC(=O)O.CC(=O)[O-].CC(=O)[O-].CC(=O)[O-].NCCNCCNCCN.[Na+].[Na+].[Na+]. The predicted molar refractivity (Wildman–Crippen MR) is 116 cm³/mol.